The summed E-state index contributed by atoms with van der Waals surface area (Å²) in [7, 11) is 0. The molecule has 0 saturated carbocycles. The normalized spacial score (nSPS) is 13.7. The monoisotopic (exact) mass is 329 g/mol. The Hall–Kier alpha value is -2.05. The van der Waals surface area contributed by atoms with Crippen molar-refractivity contribution in [2.45, 2.75) is 59.3 Å². The molecule has 0 aromatic carbocycles. The highest BCUT2D eigenvalue weighted by atomic mass is 16.6. The molecule has 0 aliphatic heterocycles. The Balaban J connectivity index is 4.71. The molecule has 1 N–H and O–H groups in total. The zero-order valence-electron chi connectivity index (χ0n) is 14.7. The highest BCUT2D eigenvalue weighted by molar-refractivity contribution is 5.84. The van der Waals surface area contributed by atoms with E-state index in [0.717, 1.165) is 0 Å². The fourth-order valence-corrected chi connectivity index (χ4v) is 1.49. The Labute approximate surface area is 137 Å². The van der Waals surface area contributed by atoms with Crippen molar-refractivity contribution in [1.82, 2.24) is 5.32 Å². The van der Waals surface area contributed by atoms with Crippen molar-refractivity contribution in [3.8, 4) is 0 Å². The lowest BCUT2D eigenvalue weighted by atomic mass is 10.1. The van der Waals surface area contributed by atoms with E-state index in [1.165, 1.54) is 13.0 Å². The van der Waals surface area contributed by atoms with Gasteiger partial charge in [0.1, 0.15) is 18.2 Å². The summed E-state index contributed by atoms with van der Waals surface area (Å²) in [6, 6.07) is -0.931. The smallest absolute Gasteiger partial charge is 0.408 e. The van der Waals surface area contributed by atoms with Crippen molar-refractivity contribution in [2.24, 2.45) is 5.92 Å². The highest BCUT2D eigenvalue weighted by Gasteiger charge is 2.30. The van der Waals surface area contributed by atoms with Crippen LogP contribution < -0.4 is 5.32 Å². The van der Waals surface area contributed by atoms with E-state index < -0.39 is 35.8 Å². The van der Waals surface area contributed by atoms with Crippen LogP contribution in [0.4, 0.5) is 4.79 Å². The summed E-state index contributed by atoms with van der Waals surface area (Å²) in [5.41, 5.74) is -0.683. The van der Waals surface area contributed by atoms with E-state index in [4.69, 9.17) is 14.2 Å². The van der Waals surface area contributed by atoms with Crippen molar-refractivity contribution < 1.29 is 28.6 Å². The van der Waals surface area contributed by atoms with Crippen LogP contribution in [-0.2, 0) is 23.8 Å². The molecule has 0 radical (unpaired) electrons. The fourth-order valence-electron chi connectivity index (χ4n) is 1.49. The maximum Gasteiger partial charge on any atom is 0.408 e. The summed E-state index contributed by atoms with van der Waals surface area (Å²) < 4.78 is 15.0. The van der Waals surface area contributed by atoms with Gasteiger partial charge in [-0.1, -0.05) is 26.5 Å². The van der Waals surface area contributed by atoms with E-state index in [9.17, 15) is 14.4 Å². The van der Waals surface area contributed by atoms with Gasteiger partial charge in [-0.15, -0.1) is 0 Å². The summed E-state index contributed by atoms with van der Waals surface area (Å²) in [6.07, 6.45) is -0.396. The molecule has 0 rings (SSSR count). The molecule has 0 heterocycles. The van der Waals surface area contributed by atoms with Crippen molar-refractivity contribution >= 4 is 18.0 Å². The van der Waals surface area contributed by atoms with Gasteiger partial charge in [0.15, 0.2) is 6.10 Å². The summed E-state index contributed by atoms with van der Waals surface area (Å²) >= 11 is 0. The van der Waals surface area contributed by atoms with Crippen LogP contribution in [0.5, 0.6) is 0 Å². The number of esters is 2. The quantitative estimate of drug-likeness (QED) is 0.437. The van der Waals surface area contributed by atoms with Gasteiger partial charge < -0.3 is 19.5 Å². The maximum atomic E-state index is 12.2. The van der Waals surface area contributed by atoms with E-state index in [2.05, 4.69) is 11.9 Å². The molecule has 0 aromatic rings. The van der Waals surface area contributed by atoms with Crippen molar-refractivity contribution in [3.05, 3.63) is 12.7 Å². The third-order valence-corrected chi connectivity index (χ3v) is 2.56. The number of amides is 1. The maximum absolute atomic E-state index is 12.2. The molecule has 0 aliphatic rings. The zero-order valence-corrected chi connectivity index (χ0v) is 14.7. The SMILES string of the molecule is C=CCOC(=O)[C@H](C)OC(=O)C(NC(=O)OC(C)(C)C)C(C)C. The van der Waals surface area contributed by atoms with Gasteiger partial charge in [-0.05, 0) is 33.6 Å². The molecule has 132 valence electrons. The molecular weight excluding hydrogens is 302 g/mol. The minimum Gasteiger partial charge on any atom is -0.459 e. The van der Waals surface area contributed by atoms with Crippen molar-refractivity contribution in [2.75, 3.05) is 6.61 Å². The van der Waals surface area contributed by atoms with E-state index in [-0.39, 0.29) is 12.5 Å². The predicted molar refractivity (Wildman–Crippen MR) is 84.7 cm³/mol. The lowest BCUT2D eigenvalue weighted by Crippen LogP contribution is -2.48. The Morgan fingerprint density at radius 1 is 1.13 bits per heavy atom. The molecule has 7 nitrogen and oxygen atoms in total. The summed E-state index contributed by atoms with van der Waals surface area (Å²) in [5.74, 6) is -1.65. The molecule has 0 fully saturated rings. The van der Waals surface area contributed by atoms with Crippen LogP contribution in [0.1, 0.15) is 41.5 Å². The second kappa shape index (κ2) is 9.17. The molecule has 1 amide bonds. The Morgan fingerprint density at radius 2 is 1.70 bits per heavy atom. The fraction of sp³-hybridized carbons (Fsp3) is 0.688. The van der Waals surface area contributed by atoms with E-state index >= 15 is 0 Å². The number of carbonyl (C=O) groups is 3. The summed E-state index contributed by atoms with van der Waals surface area (Å²) in [4.78, 5) is 35.5. The van der Waals surface area contributed by atoms with Crippen LogP contribution in [-0.4, -0.2) is 42.4 Å². The average Bonchev–Trinajstić information content (AvgIpc) is 2.39. The minimum atomic E-state index is -1.08. The average molecular weight is 329 g/mol. The number of carbonyl (C=O) groups excluding carboxylic acids is 3. The molecule has 1 unspecified atom stereocenters. The lowest BCUT2D eigenvalue weighted by molar-refractivity contribution is -0.167. The van der Waals surface area contributed by atoms with Crippen LogP contribution in [0.15, 0.2) is 12.7 Å². The standard InChI is InChI=1S/C16H27NO6/c1-8-9-21-13(18)11(4)22-14(19)12(10(2)3)17-15(20)23-16(5,6)7/h8,10-12H,1,9H2,2-7H3,(H,17,20)/t11-,12?/m0/s1. The molecule has 2 atom stereocenters. The first-order valence-corrected chi connectivity index (χ1v) is 7.45. The Morgan fingerprint density at radius 3 is 2.13 bits per heavy atom. The van der Waals surface area contributed by atoms with E-state index in [1.54, 1.807) is 34.6 Å². The lowest BCUT2D eigenvalue weighted by Gasteiger charge is -2.25. The van der Waals surface area contributed by atoms with Crippen LogP contribution in [0.3, 0.4) is 0 Å². The first-order chi connectivity index (χ1) is 10.5. The number of alkyl carbamates (subject to hydrolysis) is 1. The van der Waals surface area contributed by atoms with Gasteiger partial charge in [0.05, 0.1) is 0 Å². The largest absolute Gasteiger partial charge is 0.459 e. The molecule has 0 bridgehead atoms. The van der Waals surface area contributed by atoms with Crippen molar-refractivity contribution in [1.29, 1.82) is 0 Å². The molecular formula is C16H27NO6. The second-order valence-electron chi connectivity index (χ2n) is 6.37. The second-order valence-corrected chi connectivity index (χ2v) is 6.37. The Bertz CT molecular complexity index is 438. The third-order valence-electron chi connectivity index (χ3n) is 2.56. The highest BCUT2D eigenvalue weighted by Crippen LogP contribution is 2.10. The van der Waals surface area contributed by atoms with Crippen LogP contribution in [0.2, 0.25) is 0 Å². The number of nitrogens with one attached hydrogen (secondary N) is 1. The van der Waals surface area contributed by atoms with Gasteiger partial charge in [0.2, 0.25) is 0 Å². The van der Waals surface area contributed by atoms with Crippen molar-refractivity contribution in [3.63, 3.8) is 0 Å². The van der Waals surface area contributed by atoms with Gasteiger partial charge in [0, 0.05) is 0 Å². The summed E-state index contributed by atoms with van der Waals surface area (Å²) in [5, 5.41) is 2.46. The van der Waals surface area contributed by atoms with Crippen LogP contribution in [0, 0.1) is 5.92 Å². The van der Waals surface area contributed by atoms with Gasteiger partial charge in [-0.25, -0.2) is 14.4 Å². The van der Waals surface area contributed by atoms with Crippen LogP contribution >= 0.6 is 0 Å². The third kappa shape index (κ3) is 8.85. The van der Waals surface area contributed by atoms with Gasteiger partial charge in [-0.2, -0.15) is 0 Å². The number of hydrogen-bond acceptors (Lipinski definition) is 6. The molecule has 0 aromatic heterocycles. The molecule has 7 heteroatoms. The first kappa shape index (κ1) is 20.9. The molecule has 0 saturated heterocycles. The number of ether oxygens (including phenoxy) is 3. The van der Waals surface area contributed by atoms with E-state index in [0.29, 0.717) is 0 Å². The number of hydrogen-bond donors (Lipinski definition) is 1. The van der Waals surface area contributed by atoms with Gasteiger partial charge in [-0.3, -0.25) is 0 Å². The minimum absolute atomic E-state index is 0.0322. The zero-order chi connectivity index (χ0) is 18.2. The predicted octanol–water partition coefficient (Wildman–Crippen LogP) is 2.20. The van der Waals surface area contributed by atoms with Gasteiger partial charge >= 0.3 is 18.0 Å². The molecule has 23 heavy (non-hydrogen) atoms. The van der Waals surface area contributed by atoms with E-state index in [1.807, 2.05) is 0 Å². The summed E-state index contributed by atoms with van der Waals surface area (Å²) in [6.45, 7) is 13.5. The molecule has 0 spiro atoms. The van der Waals surface area contributed by atoms with Crippen LogP contribution in [0.25, 0.3) is 0 Å². The number of rotatable bonds is 7. The van der Waals surface area contributed by atoms with Gasteiger partial charge in [0.25, 0.3) is 0 Å². The first-order valence-electron chi connectivity index (χ1n) is 7.45. The topological polar surface area (TPSA) is 90.9 Å². The Kier molecular flexibility index (Phi) is 8.35. The molecule has 0 aliphatic carbocycles.